The summed E-state index contributed by atoms with van der Waals surface area (Å²) >= 11 is 9.41. The molecule has 33 heavy (non-hydrogen) atoms. The Kier molecular flexibility index (Phi) is 8.53. The smallest absolute Gasteiger partial charge is 0.266 e. The van der Waals surface area contributed by atoms with E-state index >= 15 is 0 Å². The van der Waals surface area contributed by atoms with Crippen molar-refractivity contribution in [2.45, 2.75) is 20.5 Å². The van der Waals surface area contributed by atoms with E-state index in [9.17, 15) is 10.1 Å². The van der Waals surface area contributed by atoms with Crippen molar-refractivity contribution in [3.8, 4) is 17.6 Å². The van der Waals surface area contributed by atoms with Crippen LogP contribution < -0.4 is 14.8 Å². The zero-order valence-electron chi connectivity index (χ0n) is 18.2. The number of hydrogen-bond acceptors (Lipinski definition) is 4. The van der Waals surface area contributed by atoms with Crippen LogP contribution in [-0.2, 0) is 11.4 Å². The second-order valence-electron chi connectivity index (χ2n) is 7.17. The van der Waals surface area contributed by atoms with Crippen molar-refractivity contribution in [2.75, 3.05) is 11.9 Å². The molecule has 168 valence electrons. The molecule has 5 nitrogen and oxygen atoms in total. The number of ether oxygens (including phenoxy) is 2. The molecule has 0 aliphatic heterocycles. The maximum Gasteiger partial charge on any atom is 0.266 e. The lowest BCUT2D eigenvalue weighted by Crippen LogP contribution is -2.13. The molecule has 3 rings (SSSR count). The minimum Gasteiger partial charge on any atom is -0.490 e. The highest BCUT2D eigenvalue weighted by molar-refractivity contribution is 9.10. The van der Waals surface area contributed by atoms with Gasteiger partial charge in [0.15, 0.2) is 11.5 Å². The minimum absolute atomic E-state index is 0.0484. The summed E-state index contributed by atoms with van der Waals surface area (Å²) in [6.07, 6.45) is 1.50. The van der Waals surface area contributed by atoms with Crippen LogP contribution in [-0.4, -0.2) is 12.5 Å². The van der Waals surface area contributed by atoms with Gasteiger partial charge in [0, 0.05) is 10.7 Å². The van der Waals surface area contributed by atoms with Crippen LogP contribution in [0.4, 0.5) is 5.69 Å². The predicted molar refractivity (Wildman–Crippen MR) is 134 cm³/mol. The van der Waals surface area contributed by atoms with Gasteiger partial charge in [-0.15, -0.1) is 0 Å². The fourth-order valence-corrected chi connectivity index (χ4v) is 3.78. The molecule has 1 N–H and O–H groups in total. The second-order valence-corrected chi connectivity index (χ2v) is 8.46. The Morgan fingerprint density at radius 2 is 1.91 bits per heavy atom. The topological polar surface area (TPSA) is 71.3 Å². The van der Waals surface area contributed by atoms with Crippen molar-refractivity contribution in [3.63, 3.8) is 0 Å². The van der Waals surface area contributed by atoms with Crippen LogP contribution in [0.3, 0.4) is 0 Å². The van der Waals surface area contributed by atoms with E-state index < -0.39 is 5.91 Å². The highest BCUT2D eigenvalue weighted by Gasteiger charge is 2.15. The summed E-state index contributed by atoms with van der Waals surface area (Å²) in [5, 5.41) is 12.8. The van der Waals surface area contributed by atoms with E-state index in [0.29, 0.717) is 45.5 Å². The van der Waals surface area contributed by atoms with Gasteiger partial charge in [-0.25, -0.2) is 0 Å². The molecule has 3 aromatic carbocycles. The third-order valence-electron chi connectivity index (χ3n) is 4.58. The fourth-order valence-electron chi connectivity index (χ4n) is 3.08. The normalized spacial score (nSPS) is 10.9. The Labute approximate surface area is 206 Å². The van der Waals surface area contributed by atoms with Crippen LogP contribution in [0.1, 0.15) is 23.6 Å². The standard InChI is InChI=1S/C26H22BrClN2O3/c1-3-32-24-14-19(12-20(15-29)26(31)30-22-9-7-21(28)8-10-22)13-23(27)25(24)33-16-18-6-4-5-17(2)11-18/h4-14H,3,16H2,1-2H3,(H,30,31)/b20-12+. The first-order chi connectivity index (χ1) is 15.9. The monoisotopic (exact) mass is 524 g/mol. The van der Waals surface area contributed by atoms with Gasteiger partial charge in [-0.05, 0) is 83.4 Å². The average molecular weight is 526 g/mol. The number of nitrogens with one attached hydrogen (secondary N) is 1. The lowest BCUT2D eigenvalue weighted by Gasteiger charge is -2.15. The number of carbonyl (C=O) groups is 1. The largest absolute Gasteiger partial charge is 0.490 e. The van der Waals surface area contributed by atoms with Crippen LogP contribution in [0, 0.1) is 18.3 Å². The van der Waals surface area contributed by atoms with Crippen molar-refractivity contribution in [3.05, 3.63) is 92.4 Å². The van der Waals surface area contributed by atoms with E-state index in [1.807, 2.05) is 38.1 Å². The molecule has 0 heterocycles. The molecule has 0 unspecified atom stereocenters. The molecule has 0 aliphatic rings. The van der Waals surface area contributed by atoms with Gasteiger partial charge < -0.3 is 14.8 Å². The zero-order chi connectivity index (χ0) is 23.8. The van der Waals surface area contributed by atoms with Gasteiger partial charge in [-0.1, -0.05) is 41.4 Å². The fraction of sp³-hybridized carbons (Fsp3) is 0.154. The number of nitriles is 1. The van der Waals surface area contributed by atoms with Crippen molar-refractivity contribution >= 4 is 45.2 Å². The van der Waals surface area contributed by atoms with Gasteiger partial charge in [-0.3, -0.25) is 4.79 Å². The number of aryl methyl sites for hydroxylation is 1. The van der Waals surface area contributed by atoms with E-state index in [0.717, 1.165) is 11.1 Å². The lowest BCUT2D eigenvalue weighted by atomic mass is 10.1. The summed E-state index contributed by atoms with van der Waals surface area (Å²) < 4.78 is 12.5. The molecule has 1 amide bonds. The molecule has 0 aromatic heterocycles. The Bertz CT molecular complexity index is 1220. The number of benzene rings is 3. The van der Waals surface area contributed by atoms with Crippen LogP contribution in [0.2, 0.25) is 5.02 Å². The van der Waals surface area contributed by atoms with Crippen LogP contribution in [0.5, 0.6) is 11.5 Å². The van der Waals surface area contributed by atoms with Gasteiger partial charge in [0.2, 0.25) is 0 Å². The number of anilines is 1. The summed E-state index contributed by atoms with van der Waals surface area (Å²) in [6.45, 7) is 4.72. The summed E-state index contributed by atoms with van der Waals surface area (Å²) in [5.41, 5.74) is 3.31. The van der Waals surface area contributed by atoms with E-state index in [2.05, 4.69) is 27.3 Å². The number of hydrogen-bond donors (Lipinski definition) is 1. The van der Waals surface area contributed by atoms with Gasteiger partial charge in [0.1, 0.15) is 18.2 Å². The second kappa shape index (κ2) is 11.6. The molecule has 3 aromatic rings. The summed E-state index contributed by atoms with van der Waals surface area (Å²) in [5.74, 6) is 0.550. The van der Waals surface area contributed by atoms with E-state index in [4.69, 9.17) is 21.1 Å². The lowest BCUT2D eigenvalue weighted by molar-refractivity contribution is -0.112. The molecule has 0 aliphatic carbocycles. The van der Waals surface area contributed by atoms with Gasteiger partial charge >= 0.3 is 0 Å². The van der Waals surface area contributed by atoms with Crippen LogP contribution in [0.25, 0.3) is 6.08 Å². The van der Waals surface area contributed by atoms with E-state index in [1.54, 1.807) is 36.4 Å². The van der Waals surface area contributed by atoms with Gasteiger partial charge in [-0.2, -0.15) is 5.26 Å². The van der Waals surface area contributed by atoms with E-state index in [1.165, 1.54) is 6.08 Å². The highest BCUT2D eigenvalue weighted by atomic mass is 79.9. The molecule has 0 fully saturated rings. The summed E-state index contributed by atoms with van der Waals surface area (Å²) in [4.78, 5) is 12.6. The predicted octanol–water partition coefficient (Wildman–Crippen LogP) is 6.93. The van der Waals surface area contributed by atoms with E-state index in [-0.39, 0.29) is 5.57 Å². The number of amides is 1. The number of carbonyl (C=O) groups excluding carboxylic acids is 1. The summed E-state index contributed by atoms with van der Waals surface area (Å²) in [7, 11) is 0. The molecule has 0 saturated heterocycles. The molecule has 0 radical (unpaired) electrons. The van der Waals surface area contributed by atoms with Crippen LogP contribution >= 0.6 is 27.5 Å². The minimum atomic E-state index is -0.520. The average Bonchev–Trinajstić information content (AvgIpc) is 2.78. The molecule has 0 spiro atoms. The molecule has 0 atom stereocenters. The molecular formula is C26H22BrClN2O3. The highest BCUT2D eigenvalue weighted by Crippen LogP contribution is 2.38. The number of nitrogens with zero attached hydrogens (tertiary/aromatic N) is 1. The Morgan fingerprint density at radius 3 is 2.58 bits per heavy atom. The third kappa shape index (κ3) is 6.85. The zero-order valence-corrected chi connectivity index (χ0v) is 20.5. The summed E-state index contributed by atoms with van der Waals surface area (Å²) in [6, 6.07) is 20.2. The van der Waals surface area contributed by atoms with Crippen molar-refractivity contribution < 1.29 is 14.3 Å². The van der Waals surface area contributed by atoms with Gasteiger partial charge in [0.25, 0.3) is 5.91 Å². The number of halogens is 2. The molecular weight excluding hydrogens is 504 g/mol. The Hall–Kier alpha value is -3.27. The number of rotatable bonds is 8. The molecule has 0 saturated carbocycles. The maximum absolute atomic E-state index is 12.6. The van der Waals surface area contributed by atoms with Crippen molar-refractivity contribution in [1.29, 1.82) is 5.26 Å². The first kappa shape index (κ1) is 24.4. The Morgan fingerprint density at radius 1 is 1.15 bits per heavy atom. The Balaban J connectivity index is 1.84. The first-order valence-corrected chi connectivity index (χ1v) is 11.4. The van der Waals surface area contributed by atoms with Crippen molar-refractivity contribution in [2.24, 2.45) is 0 Å². The first-order valence-electron chi connectivity index (χ1n) is 10.2. The quantitative estimate of drug-likeness (QED) is 0.256. The van der Waals surface area contributed by atoms with Crippen molar-refractivity contribution in [1.82, 2.24) is 0 Å². The molecule has 0 bridgehead atoms. The van der Waals surface area contributed by atoms with Gasteiger partial charge in [0.05, 0.1) is 11.1 Å². The maximum atomic E-state index is 12.6. The molecule has 7 heteroatoms. The third-order valence-corrected chi connectivity index (χ3v) is 5.42. The van der Waals surface area contributed by atoms with Crippen LogP contribution in [0.15, 0.2) is 70.7 Å². The SMILES string of the molecule is CCOc1cc(/C=C(\C#N)C(=O)Nc2ccc(Cl)cc2)cc(Br)c1OCc1cccc(C)c1.